The molecule has 1 aromatic heterocycles. The number of aromatic amines is 1. The lowest BCUT2D eigenvalue weighted by Crippen LogP contribution is -2.24. The van der Waals surface area contributed by atoms with Crippen molar-refractivity contribution in [3.8, 4) is 17.1 Å². The molecule has 0 unspecified atom stereocenters. The van der Waals surface area contributed by atoms with Crippen LogP contribution >= 0.6 is 11.8 Å². The molecule has 1 N–H and O–H groups in total. The number of H-pyrrole nitrogens is 1. The third-order valence-electron chi connectivity index (χ3n) is 2.15. The molecule has 0 aliphatic rings. The lowest BCUT2D eigenvalue weighted by atomic mass is 10.2. The van der Waals surface area contributed by atoms with Crippen LogP contribution in [0.4, 0.5) is 0 Å². The van der Waals surface area contributed by atoms with Crippen LogP contribution in [0.2, 0.25) is 0 Å². The van der Waals surface area contributed by atoms with Crippen molar-refractivity contribution in [3.05, 3.63) is 24.3 Å². The van der Waals surface area contributed by atoms with E-state index in [4.69, 9.17) is 4.74 Å². The molecular formula is C11H10N3O3S-. The van der Waals surface area contributed by atoms with E-state index in [2.05, 4.69) is 15.2 Å². The molecule has 0 bridgehead atoms. The van der Waals surface area contributed by atoms with Gasteiger partial charge in [-0.2, -0.15) is 0 Å². The number of hydrogen-bond donors (Lipinski definition) is 1. The second kappa shape index (κ2) is 5.54. The second-order valence-electron chi connectivity index (χ2n) is 3.33. The Morgan fingerprint density at radius 3 is 3.00 bits per heavy atom. The SMILES string of the molecule is COc1ccccc1-c1nc(SCC(=O)[O-])n[nH]1. The summed E-state index contributed by atoms with van der Waals surface area (Å²) in [5.41, 5.74) is 0.771. The number of aromatic nitrogens is 3. The number of nitrogens with one attached hydrogen (secondary N) is 1. The number of rotatable bonds is 5. The lowest BCUT2D eigenvalue weighted by molar-refractivity contribution is -0.301. The van der Waals surface area contributed by atoms with Gasteiger partial charge in [0, 0.05) is 5.75 Å². The Labute approximate surface area is 107 Å². The summed E-state index contributed by atoms with van der Waals surface area (Å²) >= 11 is 1.00. The summed E-state index contributed by atoms with van der Waals surface area (Å²) < 4.78 is 5.21. The average Bonchev–Trinajstić information content (AvgIpc) is 2.85. The number of carbonyl (C=O) groups excluding carboxylic acids is 1. The van der Waals surface area contributed by atoms with Gasteiger partial charge in [-0.25, -0.2) is 4.98 Å². The maximum atomic E-state index is 10.3. The number of methoxy groups -OCH3 is 1. The first kappa shape index (κ1) is 12.4. The van der Waals surface area contributed by atoms with E-state index in [0.717, 1.165) is 17.3 Å². The van der Waals surface area contributed by atoms with E-state index in [-0.39, 0.29) is 5.75 Å². The third kappa shape index (κ3) is 2.80. The fourth-order valence-corrected chi connectivity index (χ4v) is 1.91. The van der Waals surface area contributed by atoms with Crippen LogP contribution in [0, 0.1) is 0 Å². The molecule has 0 amide bonds. The van der Waals surface area contributed by atoms with E-state index in [1.54, 1.807) is 7.11 Å². The Balaban J connectivity index is 2.21. The molecule has 0 radical (unpaired) electrons. The van der Waals surface area contributed by atoms with Gasteiger partial charge in [0.25, 0.3) is 0 Å². The Morgan fingerprint density at radius 1 is 1.50 bits per heavy atom. The van der Waals surface area contributed by atoms with Crippen molar-refractivity contribution in [2.45, 2.75) is 5.16 Å². The highest BCUT2D eigenvalue weighted by Crippen LogP contribution is 2.27. The van der Waals surface area contributed by atoms with E-state index < -0.39 is 5.97 Å². The van der Waals surface area contributed by atoms with E-state index in [0.29, 0.717) is 16.7 Å². The van der Waals surface area contributed by atoms with Crippen molar-refractivity contribution < 1.29 is 14.6 Å². The standard InChI is InChI=1S/C11H11N3O3S/c1-17-8-5-3-2-4-7(8)10-12-11(14-13-10)18-6-9(15)16/h2-5H,6H2,1H3,(H,15,16)(H,12,13,14)/p-1. The van der Waals surface area contributed by atoms with Gasteiger partial charge < -0.3 is 14.6 Å². The first-order valence-corrected chi connectivity index (χ1v) is 6.07. The Bertz CT molecular complexity index is 556. The minimum Gasteiger partial charge on any atom is -0.549 e. The van der Waals surface area contributed by atoms with Gasteiger partial charge in [-0.3, -0.25) is 5.10 Å². The largest absolute Gasteiger partial charge is 0.549 e. The van der Waals surface area contributed by atoms with Gasteiger partial charge in [0.2, 0.25) is 5.16 Å². The topological polar surface area (TPSA) is 90.9 Å². The van der Waals surface area contributed by atoms with Gasteiger partial charge in [0.05, 0.1) is 18.6 Å². The van der Waals surface area contributed by atoms with Gasteiger partial charge in [0.15, 0.2) is 5.82 Å². The zero-order valence-corrected chi connectivity index (χ0v) is 10.4. The molecule has 18 heavy (non-hydrogen) atoms. The number of carbonyl (C=O) groups is 1. The molecule has 0 saturated heterocycles. The molecule has 0 saturated carbocycles. The zero-order valence-electron chi connectivity index (χ0n) is 9.54. The van der Waals surface area contributed by atoms with Gasteiger partial charge in [-0.1, -0.05) is 23.9 Å². The number of para-hydroxylation sites is 1. The van der Waals surface area contributed by atoms with E-state index in [1.807, 2.05) is 24.3 Å². The quantitative estimate of drug-likeness (QED) is 0.782. The van der Waals surface area contributed by atoms with Gasteiger partial charge in [0.1, 0.15) is 5.75 Å². The van der Waals surface area contributed by atoms with Gasteiger partial charge in [-0.05, 0) is 12.1 Å². The van der Waals surface area contributed by atoms with Gasteiger partial charge >= 0.3 is 0 Å². The molecule has 1 aromatic carbocycles. The van der Waals surface area contributed by atoms with Crippen molar-refractivity contribution in [2.75, 3.05) is 12.9 Å². The first-order chi connectivity index (χ1) is 8.70. The van der Waals surface area contributed by atoms with Crippen LogP contribution in [-0.2, 0) is 4.79 Å². The summed E-state index contributed by atoms with van der Waals surface area (Å²) in [5.74, 6) is -0.120. The summed E-state index contributed by atoms with van der Waals surface area (Å²) in [5, 5.41) is 17.4. The number of aliphatic carboxylic acids is 1. The van der Waals surface area contributed by atoms with Crippen molar-refractivity contribution in [2.24, 2.45) is 0 Å². The van der Waals surface area contributed by atoms with Crippen molar-refractivity contribution in [1.82, 2.24) is 15.2 Å². The van der Waals surface area contributed by atoms with Crippen LogP contribution in [0.5, 0.6) is 5.75 Å². The molecule has 0 aliphatic carbocycles. The maximum Gasteiger partial charge on any atom is 0.209 e. The van der Waals surface area contributed by atoms with Crippen molar-refractivity contribution >= 4 is 17.7 Å². The molecule has 0 atom stereocenters. The smallest absolute Gasteiger partial charge is 0.209 e. The Kier molecular flexibility index (Phi) is 3.83. The van der Waals surface area contributed by atoms with E-state index in [9.17, 15) is 9.90 Å². The molecule has 94 valence electrons. The summed E-state index contributed by atoms with van der Waals surface area (Å²) in [6.07, 6.45) is 0. The number of ether oxygens (including phenoxy) is 1. The zero-order chi connectivity index (χ0) is 13.0. The maximum absolute atomic E-state index is 10.3. The van der Waals surface area contributed by atoms with E-state index >= 15 is 0 Å². The molecule has 2 rings (SSSR count). The molecule has 0 aliphatic heterocycles. The molecule has 1 heterocycles. The summed E-state index contributed by atoms with van der Waals surface area (Å²) in [4.78, 5) is 14.5. The Morgan fingerprint density at radius 2 is 2.28 bits per heavy atom. The molecule has 6 nitrogen and oxygen atoms in total. The molecular weight excluding hydrogens is 254 g/mol. The highest BCUT2D eigenvalue weighted by atomic mass is 32.2. The summed E-state index contributed by atoms with van der Waals surface area (Å²) in [7, 11) is 1.57. The third-order valence-corrected chi connectivity index (χ3v) is 2.97. The number of benzene rings is 1. The second-order valence-corrected chi connectivity index (χ2v) is 4.27. The average molecular weight is 264 g/mol. The van der Waals surface area contributed by atoms with Crippen LogP contribution < -0.4 is 9.84 Å². The van der Waals surface area contributed by atoms with E-state index in [1.165, 1.54) is 0 Å². The Hall–Kier alpha value is -2.02. The van der Waals surface area contributed by atoms with Crippen LogP contribution in [-0.4, -0.2) is 34.0 Å². The van der Waals surface area contributed by atoms with Crippen LogP contribution in [0.3, 0.4) is 0 Å². The minimum atomic E-state index is -1.15. The minimum absolute atomic E-state index is 0.177. The summed E-state index contributed by atoms with van der Waals surface area (Å²) in [6, 6.07) is 7.36. The fourth-order valence-electron chi connectivity index (χ4n) is 1.40. The number of nitrogens with zero attached hydrogens (tertiary/aromatic N) is 2. The molecule has 0 spiro atoms. The monoisotopic (exact) mass is 264 g/mol. The number of carboxylic acid groups (broad SMARTS) is 1. The number of thioether (sulfide) groups is 1. The van der Waals surface area contributed by atoms with Crippen molar-refractivity contribution in [1.29, 1.82) is 0 Å². The summed E-state index contributed by atoms with van der Waals surface area (Å²) in [6.45, 7) is 0. The number of hydrogen-bond acceptors (Lipinski definition) is 6. The molecule has 7 heteroatoms. The van der Waals surface area contributed by atoms with Gasteiger partial charge in [-0.15, -0.1) is 5.10 Å². The van der Waals surface area contributed by atoms with Crippen LogP contribution in [0.15, 0.2) is 29.4 Å². The molecule has 0 fully saturated rings. The lowest BCUT2D eigenvalue weighted by Gasteiger charge is -2.04. The van der Waals surface area contributed by atoms with Crippen molar-refractivity contribution in [3.63, 3.8) is 0 Å². The normalized spacial score (nSPS) is 10.3. The molecule has 2 aromatic rings. The predicted molar refractivity (Wildman–Crippen MR) is 64.1 cm³/mol. The van der Waals surface area contributed by atoms with Crippen LogP contribution in [0.25, 0.3) is 11.4 Å². The van der Waals surface area contributed by atoms with Crippen LogP contribution in [0.1, 0.15) is 0 Å². The first-order valence-electron chi connectivity index (χ1n) is 5.09. The highest BCUT2D eigenvalue weighted by Gasteiger charge is 2.10. The fraction of sp³-hybridized carbons (Fsp3) is 0.182. The predicted octanol–water partition coefficient (Wildman–Crippen LogP) is 0.322. The highest BCUT2D eigenvalue weighted by molar-refractivity contribution is 7.99. The number of carboxylic acids is 1.